The molecule has 13 heteroatoms. The van der Waals surface area contributed by atoms with E-state index in [4.69, 9.17) is 19.9 Å². The molecule has 34 heavy (non-hydrogen) atoms. The summed E-state index contributed by atoms with van der Waals surface area (Å²) in [6.45, 7) is 1.46. The van der Waals surface area contributed by atoms with Crippen molar-refractivity contribution in [3.63, 3.8) is 0 Å². The molecule has 1 spiro atoms. The first-order chi connectivity index (χ1) is 16.1. The fourth-order valence-corrected chi connectivity index (χ4v) is 3.59. The minimum atomic E-state index is -5.10. The number of carbonyl (C=O) groups is 3. The van der Waals surface area contributed by atoms with Gasteiger partial charge in [-0.05, 0) is 30.7 Å². The van der Waals surface area contributed by atoms with Crippen molar-refractivity contribution in [1.82, 2.24) is 5.32 Å². The number of nitrogens with zero attached hydrogens (tertiary/aromatic N) is 1. The Morgan fingerprint density at radius 1 is 1.09 bits per heavy atom. The van der Waals surface area contributed by atoms with Crippen molar-refractivity contribution in [2.24, 2.45) is 11.1 Å². The molecule has 0 aromatic heterocycles. The Morgan fingerprint density at radius 3 is 2.38 bits per heavy atom. The average Bonchev–Trinajstić information content (AvgIpc) is 2.74. The molecule has 2 fully saturated rings. The molecule has 1 atom stereocenters. The van der Waals surface area contributed by atoms with Crippen LogP contribution in [0, 0.1) is 5.41 Å². The molecule has 188 valence electrons. The molecule has 1 unspecified atom stereocenters. The number of rotatable bonds is 11. The van der Waals surface area contributed by atoms with Crippen LogP contribution in [0.15, 0.2) is 24.3 Å². The van der Waals surface area contributed by atoms with Gasteiger partial charge in [0.25, 0.3) is 0 Å². The summed E-state index contributed by atoms with van der Waals surface area (Å²) in [5.41, 5.74) is 5.70. The van der Waals surface area contributed by atoms with E-state index in [1.807, 2.05) is 12.1 Å². The predicted octanol–water partition coefficient (Wildman–Crippen LogP) is 0.732. The van der Waals surface area contributed by atoms with Gasteiger partial charge in [0, 0.05) is 25.2 Å². The highest BCUT2D eigenvalue weighted by molar-refractivity contribution is 6.02. The summed E-state index contributed by atoms with van der Waals surface area (Å²) in [7, 11) is 0. The Morgan fingerprint density at radius 2 is 1.74 bits per heavy atom. The van der Waals surface area contributed by atoms with Gasteiger partial charge < -0.3 is 23.8 Å². The van der Waals surface area contributed by atoms with Crippen LogP contribution in [0.3, 0.4) is 0 Å². The number of nitrogens with one attached hydrogen (secondary N) is 1. The summed E-state index contributed by atoms with van der Waals surface area (Å²) in [6, 6.07) is 7.38. The van der Waals surface area contributed by atoms with Crippen LogP contribution >= 0.6 is 0 Å². The van der Waals surface area contributed by atoms with Gasteiger partial charge in [0.2, 0.25) is 11.8 Å². The molecule has 1 aromatic rings. The minimum absolute atomic E-state index is 0.0511. The van der Waals surface area contributed by atoms with Gasteiger partial charge in [-0.2, -0.15) is 13.2 Å². The second-order valence-corrected chi connectivity index (χ2v) is 7.98. The Kier molecular flexibility index (Phi) is 8.33. The lowest BCUT2D eigenvalue weighted by atomic mass is 9.73. The number of hydrogen-bond acceptors (Lipinski definition) is 9. The number of imide groups is 1. The Bertz CT molecular complexity index is 873. The molecule has 0 saturated carbocycles. The van der Waals surface area contributed by atoms with Gasteiger partial charge in [-0.25, -0.2) is 4.79 Å². The number of alkyl halides is 3. The molecule has 0 aliphatic carbocycles. The number of esters is 1. The van der Waals surface area contributed by atoms with Gasteiger partial charge in [0.1, 0.15) is 12.4 Å². The van der Waals surface area contributed by atoms with Gasteiger partial charge in [0.05, 0.1) is 31.8 Å². The fraction of sp³-hybridized carbons (Fsp3) is 0.571. The van der Waals surface area contributed by atoms with Crippen molar-refractivity contribution in [2.45, 2.75) is 25.2 Å². The minimum Gasteiger partial charge on any atom is -0.491 e. The maximum absolute atomic E-state index is 12.1. The van der Waals surface area contributed by atoms with Crippen LogP contribution in [0.5, 0.6) is 5.75 Å². The van der Waals surface area contributed by atoms with E-state index in [-0.39, 0.29) is 38.2 Å². The van der Waals surface area contributed by atoms with Crippen molar-refractivity contribution in [3.8, 4) is 5.75 Å². The number of halogens is 3. The highest BCUT2D eigenvalue weighted by Crippen LogP contribution is 2.40. The molecule has 0 radical (unpaired) electrons. The van der Waals surface area contributed by atoms with Crippen LogP contribution in [0.4, 0.5) is 18.9 Å². The van der Waals surface area contributed by atoms with E-state index in [9.17, 15) is 27.6 Å². The second-order valence-electron chi connectivity index (χ2n) is 7.98. The lowest BCUT2D eigenvalue weighted by Gasteiger charge is -2.51. The van der Waals surface area contributed by atoms with Gasteiger partial charge in [0.15, 0.2) is 6.23 Å². The maximum Gasteiger partial charge on any atom is 0.490 e. The number of benzene rings is 1. The number of ether oxygens (including phenoxy) is 4. The quantitative estimate of drug-likeness (QED) is 0.200. The zero-order chi connectivity index (χ0) is 24.8. The maximum atomic E-state index is 12.1. The average molecular weight is 489 g/mol. The molecule has 2 heterocycles. The topological polar surface area (TPSA) is 129 Å². The summed E-state index contributed by atoms with van der Waals surface area (Å²) in [4.78, 5) is 36.1. The summed E-state index contributed by atoms with van der Waals surface area (Å²) < 4.78 is 55.9. The summed E-state index contributed by atoms with van der Waals surface area (Å²) in [5.74, 6) is -2.15. The van der Waals surface area contributed by atoms with Gasteiger partial charge >= 0.3 is 12.1 Å². The molecule has 2 aliphatic heterocycles. The number of nitrogens with two attached hydrogens (primary N) is 1. The van der Waals surface area contributed by atoms with Crippen LogP contribution in [-0.2, 0) is 28.6 Å². The molecule has 3 rings (SSSR count). The predicted molar refractivity (Wildman–Crippen MR) is 111 cm³/mol. The largest absolute Gasteiger partial charge is 0.491 e. The molecule has 1 aromatic carbocycles. The van der Waals surface area contributed by atoms with E-state index in [1.165, 1.54) is 0 Å². The fourth-order valence-electron chi connectivity index (χ4n) is 3.59. The molecular formula is C21H26F3N3O7. The van der Waals surface area contributed by atoms with E-state index in [0.29, 0.717) is 31.7 Å². The van der Waals surface area contributed by atoms with Crippen molar-refractivity contribution in [2.75, 3.05) is 51.0 Å². The first kappa shape index (κ1) is 25.7. The molecule has 3 N–H and O–H groups in total. The van der Waals surface area contributed by atoms with Crippen LogP contribution in [0.25, 0.3) is 0 Å². The van der Waals surface area contributed by atoms with Crippen molar-refractivity contribution < 1.29 is 46.5 Å². The van der Waals surface area contributed by atoms with Crippen LogP contribution in [-0.4, -0.2) is 76.3 Å². The Hall–Kier alpha value is -2.90. The van der Waals surface area contributed by atoms with E-state index in [2.05, 4.69) is 15.0 Å². The van der Waals surface area contributed by atoms with Crippen molar-refractivity contribution in [3.05, 3.63) is 24.3 Å². The highest BCUT2D eigenvalue weighted by Gasteiger charge is 2.51. The highest BCUT2D eigenvalue weighted by atomic mass is 19.4. The number of carbonyl (C=O) groups excluding carboxylic acids is 3. The van der Waals surface area contributed by atoms with E-state index in [0.717, 1.165) is 5.69 Å². The molecule has 10 nitrogen and oxygen atoms in total. The monoisotopic (exact) mass is 489 g/mol. The normalized spacial score (nSPS) is 18.3. The standard InChI is InChI=1S/C21H26F3N3O7/c22-21(23,24)19(30)34-16(25)11-32-8-7-31-9-10-33-15-3-1-14(2-4-15)27-12-20(13-27)6-5-17(28)26-18(20)29/h1-4,16H,5-13,25H2,(H,26,28,29). The number of amides is 2. The Labute approximate surface area is 193 Å². The third kappa shape index (κ3) is 6.81. The SMILES string of the molecule is NC(COCCOCCOc1ccc(N2CC3(CCC(=O)NC3=O)C2)cc1)OC(=O)C(F)(F)F. The third-order valence-corrected chi connectivity index (χ3v) is 5.39. The van der Waals surface area contributed by atoms with Crippen LogP contribution < -0.4 is 20.7 Å². The van der Waals surface area contributed by atoms with Crippen molar-refractivity contribution >= 4 is 23.5 Å². The summed E-state index contributed by atoms with van der Waals surface area (Å²) in [6.07, 6.45) is -5.69. The van der Waals surface area contributed by atoms with Crippen LogP contribution in [0.1, 0.15) is 12.8 Å². The zero-order valence-electron chi connectivity index (χ0n) is 18.3. The molecule has 2 amide bonds. The van der Waals surface area contributed by atoms with E-state index < -0.39 is 30.4 Å². The summed E-state index contributed by atoms with van der Waals surface area (Å²) in [5, 5.41) is 2.41. The first-order valence-corrected chi connectivity index (χ1v) is 10.6. The summed E-state index contributed by atoms with van der Waals surface area (Å²) >= 11 is 0. The smallest absolute Gasteiger partial charge is 0.490 e. The van der Waals surface area contributed by atoms with Gasteiger partial charge in [-0.3, -0.25) is 20.6 Å². The van der Waals surface area contributed by atoms with Crippen LogP contribution in [0.2, 0.25) is 0 Å². The number of hydrogen-bond donors (Lipinski definition) is 2. The number of piperidine rings is 1. The molecular weight excluding hydrogens is 463 g/mol. The second kappa shape index (κ2) is 11.0. The van der Waals surface area contributed by atoms with Crippen molar-refractivity contribution in [1.29, 1.82) is 0 Å². The lowest BCUT2D eigenvalue weighted by molar-refractivity contribution is -0.206. The van der Waals surface area contributed by atoms with Gasteiger partial charge in [-0.1, -0.05) is 0 Å². The van der Waals surface area contributed by atoms with E-state index in [1.54, 1.807) is 12.1 Å². The Balaban J connectivity index is 1.24. The zero-order valence-corrected chi connectivity index (χ0v) is 18.3. The van der Waals surface area contributed by atoms with E-state index >= 15 is 0 Å². The number of anilines is 1. The third-order valence-electron chi connectivity index (χ3n) is 5.39. The molecule has 2 saturated heterocycles. The molecule has 0 bridgehead atoms. The molecule has 2 aliphatic rings. The van der Waals surface area contributed by atoms with Gasteiger partial charge in [-0.15, -0.1) is 0 Å². The lowest BCUT2D eigenvalue weighted by Crippen LogP contribution is -2.66. The first-order valence-electron chi connectivity index (χ1n) is 10.6.